The normalized spacial score (nSPS) is 25.3. The number of hydrogen-bond donors (Lipinski definition) is 2. The van der Waals surface area contributed by atoms with Gasteiger partial charge < -0.3 is 15.3 Å². The zero-order chi connectivity index (χ0) is 23.9. The van der Waals surface area contributed by atoms with Crippen molar-refractivity contribution in [2.45, 2.75) is 38.1 Å². The monoisotopic (exact) mass is 466 g/mol. The highest BCUT2D eigenvalue weighted by Crippen LogP contribution is 2.48. The predicted octanol–water partition coefficient (Wildman–Crippen LogP) is 5.70. The van der Waals surface area contributed by atoms with Crippen molar-refractivity contribution in [3.05, 3.63) is 72.8 Å². The van der Waals surface area contributed by atoms with Crippen LogP contribution in [0.5, 0.6) is 5.75 Å². The smallest absolute Gasteiger partial charge is 0.229 e. The Morgan fingerprint density at radius 1 is 0.886 bits per heavy atom. The van der Waals surface area contributed by atoms with Crippen molar-refractivity contribution in [1.29, 1.82) is 0 Å². The number of likely N-dealkylation sites (tertiary alicyclic amines) is 1. The molecule has 2 N–H and O–H groups in total. The summed E-state index contributed by atoms with van der Waals surface area (Å²) in [5.41, 5.74) is 3.69. The van der Waals surface area contributed by atoms with E-state index < -0.39 is 0 Å². The van der Waals surface area contributed by atoms with E-state index in [-0.39, 0.29) is 29.9 Å². The molecule has 178 valence electrons. The van der Waals surface area contributed by atoms with Crippen LogP contribution in [0.1, 0.15) is 32.1 Å². The molecular formula is C30H30N2O3. The van der Waals surface area contributed by atoms with E-state index in [0.29, 0.717) is 35.3 Å². The second-order valence-electron chi connectivity index (χ2n) is 10.3. The van der Waals surface area contributed by atoms with Crippen molar-refractivity contribution in [2.75, 3.05) is 11.9 Å². The second kappa shape index (κ2) is 8.88. The first-order chi connectivity index (χ1) is 17.1. The Labute approximate surface area is 205 Å². The number of fused-ring (bicyclic) bond motifs is 2. The third kappa shape index (κ3) is 4.09. The van der Waals surface area contributed by atoms with Gasteiger partial charge in [0.1, 0.15) is 5.75 Å². The molecule has 1 aliphatic heterocycles. The Bertz CT molecular complexity index is 1200. The fourth-order valence-electron chi connectivity index (χ4n) is 6.45. The van der Waals surface area contributed by atoms with Crippen LogP contribution in [0, 0.1) is 17.8 Å². The number of anilines is 1. The number of amides is 2. The van der Waals surface area contributed by atoms with Crippen LogP contribution >= 0.6 is 0 Å². The minimum absolute atomic E-state index is 0.114. The van der Waals surface area contributed by atoms with Crippen LogP contribution in [0.4, 0.5) is 5.69 Å². The summed E-state index contributed by atoms with van der Waals surface area (Å²) >= 11 is 0. The fourth-order valence-corrected chi connectivity index (χ4v) is 6.45. The van der Waals surface area contributed by atoms with Gasteiger partial charge in [-0.2, -0.15) is 0 Å². The summed E-state index contributed by atoms with van der Waals surface area (Å²) in [6.45, 7) is 0.508. The lowest BCUT2D eigenvalue weighted by atomic mass is 9.94. The van der Waals surface area contributed by atoms with Gasteiger partial charge in [0.15, 0.2) is 0 Å². The minimum atomic E-state index is -0.351. The van der Waals surface area contributed by atoms with Gasteiger partial charge in [0.25, 0.3) is 0 Å². The second-order valence-corrected chi connectivity index (χ2v) is 10.3. The molecule has 35 heavy (non-hydrogen) atoms. The number of rotatable bonds is 5. The third-order valence-corrected chi connectivity index (χ3v) is 8.18. The summed E-state index contributed by atoms with van der Waals surface area (Å²) in [7, 11) is 0. The largest absolute Gasteiger partial charge is 0.507 e. The van der Waals surface area contributed by atoms with Crippen molar-refractivity contribution < 1.29 is 14.7 Å². The van der Waals surface area contributed by atoms with Crippen molar-refractivity contribution in [2.24, 2.45) is 17.8 Å². The highest BCUT2D eigenvalue weighted by molar-refractivity contribution is 5.99. The van der Waals surface area contributed by atoms with Crippen LogP contribution in [0.2, 0.25) is 0 Å². The summed E-state index contributed by atoms with van der Waals surface area (Å²) in [6.07, 6.45) is 5.12. The van der Waals surface area contributed by atoms with Crippen LogP contribution in [0.3, 0.4) is 0 Å². The lowest BCUT2D eigenvalue weighted by Gasteiger charge is -2.31. The Morgan fingerprint density at radius 3 is 2.06 bits per heavy atom. The Hall–Kier alpha value is -3.60. The molecule has 2 amide bonds. The Balaban J connectivity index is 1.27. The average molecular weight is 467 g/mol. The van der Waals surface area contributed by atoms with Gasteiger partial charge in [-0.05, 0) is 54.4 Å². The van der Waals surface area contributed by atoms with Crippen molar-refractivity contribution in [3.63, 3.8) is 0 Å². The van der Waals surface area contributed by atoms with Crippen molar-refractivity contribution in [3.8, 4) is 28.0 Å². The number of carbonyl (C=O) groups is 2. The molecule has 4 atom stereocenters. The lowest BCUT2D eigenvalue weighted by molar-refractivity contribution is -0.130. The SMILES string of the molecule is O=C(Nc1cc(-c2ccccc2)c(O)c(-c2ccccc2)c1)C1CC(=O)N(C2C[C@H]3CC[C@@H]2C3)C1. The first-order valence-corrected chi connectivity index (χ1v) is 12.6. The van der Waals surface area contributed by atoms with E-state index in [1.54, 1.807) is 0 Å². The predicted molar refractivity (Wildman–Crippen MR) is 137 cm³/mol. The number of hydrogen-bond acceptors (Lipinski definition) is 3. The summed E-state index contributed by atoms with van der Waals surface area (Å²) < 4.78 is 0. The van der Waals surface area contributed by atoms with Crippen LogP contribution < -0.4 is 5.32 Å². The third-order valence-electron chi connectivity index (χ3n) is 8.18. The Kier molecular flexibility index (Phi) is 5.56. The van der Waals surface area contributed by atoms with Crippen molar-refractivity contribution in [1.82, 2.24) is 4.90 Å². The molecule has 2 unspecified atom stereocenters. The van der Waals surface area contributed by atoms with E-state index >= 15 is 0 Å². The van der Waals surface area contributed by atoms with E-state index in [1.165, 1.54) is 19.3 Å². The average Bonchev–Trinajstić information content (AvgIpc) is 3.62. The topological polar surface area (TPSA) is 69.6 Å². The molecule has 3 aromatic rings. The van der Waals surface area contributed by atoms with Gasteiger partial charge in [-0.3, -0.25) is 9.59 Å². The molecule has 3 aromatic carbocycles. The zero-order valence-electron chi connectivity index (χ0n) is 19.7. The van der Waals surface area contributed by atoms with Gasteiger partial charge in [-0.1, -0.05) is 67.1 Å². The highest BCUT2D eigenvalue weighted by atomic mass is 16.3. The molecule has 2 aliphatic carbocycles. The molecule has 1 saturated heterocycles. The van der Waals surface area contributed by atoms with Crippen molar-refractivity contribution >= 4 is 17.5 Å². The maximum Gasteiger partial charge on any atom is 0.229 e. The number of aromatic hydroxyl groups is 1. The number of phenolic OH excluding ortho intramolecular Hbond substituents is 1. The van der Waals surface area contributed by atoms with Gasteiger partial charge in [-0.15, -0.1) is 0 Å². The van der Waals surface area contributed by atoms with E-state index in [2.05, 4.69) is 5.32 Å². The maximum absolute atomic E-state index is 13.3. The van der Waals surface area contributed by atoms with Crippen LogP contribution in [-0.4, -0.2) is 34.4 Å². The van der Waals surface area contributed by atoms with Gasteiger partial charge in [-0.25, -0.2) is 0 Å². The Morgan fingerprint density at radius 2 is 1.51 bits per heavy atom. The molecule has 2 bridgehead atoms. The van der Waals surface area contributed by atoms with E-state index in [0.717, 1.165) is 23.5 Å². The number of carbonyl (C=O) groups excluding carboxylic acids is 2. The van der Waals surface area contributed by atoms with E-state index in [4.69, 9.17) is 0 Å². The molecule has 2 saturated carbocycles. The number of nitrogens with zero attached hydrogens (tertiary/aromatic N) is 1. The van der Waals surface area contributed by atoms with Gasteiger partial charge in [0.05, 0.1) is 5.92 Å². The first kappa shape index (κ1) is 21.9. The molecule has 6 rings (SSSR count). The number of nitrogens with one attached hydrogen (secondary N) is 1. The molecule has 5 heteroatoms. The zero-order valence-corrected chi connectivity index (χ0v) is 19.7. The van der Waals surface area contributed by atoms with Gasteiger partial charge >= 0.3 is 0 Å². The fraction of sp³-hybridized carbons (Fsp3) is 0.333. The number of phenols is 1. The van der Waals surface area contributed by atoms with Crippen LogP contribution in [0.15, 0.2) is 72.8 Å². The van der Waals surface area contributed by atoms with Gasteiger partial charge in [0.2, 0.25) is 11.8 Å². The molecule has 5 nitrogen and oxygen atoms in total. The number of benzene rings is 3. The minimum Gasteiger partial charge on any atom is -0.507 e. The molecule has 1 heterocycles. The molecular weight excluding hydrogens is 436 g/mol. The summed E-state index contributed by atoms with van der Waals surface area (Å²) in [5.74, 6) is 1.19. The maximum atomic E-state index is 13.3. The summed E-state index contributed by atoms with van der Waals surface area (Å²) in [4.78, 5) is 28.1. The first-order valence-electron chi connectivity index (χ1n) is 12.6. The standard InChI is InChI=1S/C30H30N2O3/c33-28-15-23(18-32(28)27-14-19-11-12-22(27)13-19)30(35)31-24-16-25(20-7-3-1-4-8-20)29(34)26(17-24)21-9-5-2-6-10-21/h1-10,16-17,19,22-23,27,34H,11-15,18H2,(H,31,35)/t19-,22+,23?,27?/m0/s1. The quantitative estimate of drug-likeness (QED) is 0.474. The van der Waals surface area contributed by atoms with Crippen LogP contribution in [-0.2, 0) is 9.59 Å². The summed E-state index contributed by atoms with van der Waals surface area (Å²) in [6, 6.07) is 23.3. The highest BCUT2D eigenvalue weighted by Gasteiger charge is 2.47. The summed E-state index contributed by atoms with van der Waals surface area (Å²) in [5, 5.41) is 14.2. The molecule has 0 spiro atoms. The van der Waals surface area contributed by atoms with Gasteiger partial charge in [0, 0.05) is 35.8 Å². The molecule has 3 fully saturated rings. The molecule has 0 radical (unpaired) electrons. The molecule has 0 aromatic heterocycles. The lowest BCUT2D eigenvalue weighted by Crippen LogP contribution is -2.40. The van der Waals surface area contributed by atoms with Crippen LogP contribution in [0.25, 0.3) is 22.3 Å². The van der Waals surface area contributed by atoms with E-state index in [1.807, 2.05) is 77.7 Å². The molecule has 3 aliphatic rings. The van der Waals surface area contributed by atoms with E-state index in [9.17, 15) is 14.7 Å².